The minimum atomic E-state index is -3.57. The molecule has 0 saturated carbocycles. The molecule has 0 radical (unpaired) electrons. The molecule has 106 valence electrons. The van der Waals surface area contributed by atoms with Crippen molar-refractivity contribution in [3.8, 4) is 0 Å². The first kappa shape index (κ1) is 14.6. The summed E-state index contributed by atoms with van der Waals surface area (Å²) in [6, 6.07) is 3.06. The lowest BCUT2D eigenvalue weighted by molar-refractivity contribution is 0.573. The Bertz CT molecular complexity index is 515. The van der Waals surface area contributed by atoms with Crippen LogP contribution in [0.5, 0.6) is 0 Å². The smallest absolute Gasteiger partial charge is 0.244 e. The molecule has 8 heteroatoms. The van der Waals surface area contributed by atoms with Crippen LogP contribution in [0.4, 0.5) is 5.82 Å². The van der Waals surface area contributed by atoms with Gasteiger partial charge in [-0.3, -0.25) is 0 Å². The molecule has 0 bridgehead atoms. The van der Waals surface area contributed by atoms with Crippen molar-refractivity contribution in [2.45, 2.75) is 29.4 Å². The summed E-state index contributed by atoms with van der Waals surface area (Å²) in [4.78, 5) is 3.98. The van der Waals surface area contributed by atoms with E-state index in [1.807, 2.05) is 11.8 Å². The molecule has 1 aliphatic rings. The molecule has 1 saturated heterocycles. The highest BCUT2D eigenvalue weighted by Gasteiger charge is 2.21. The maximum atomic E-state index is 12.2. The topological polar surface area (TPSA) is 97.1 Å². The molecule has 0 spiro atoms. The van der Waals surface area contributed by atoms with E-state index in [9.17, 15) is 8.42 Å². The van der Waals surface area contributed by atoms with Gasteiger partial charge in [0.25, 0.3) is 0 Å². The van der Waals surface area contributed by atoms with Crippen LogP contribution in [0.3, 0.4) is 0 Å². The zero-order valence-corrected chi connectivity index (χ0v) is 12.1. The number of nitrogen functional groups attached to an aromatic ring is 1. The van der Waals surface area contributed by atoms with Crippen molar-refractivity contribution >= 4 is 27.6 Å². The van der Waals surface area contributed by atoms with Gasteiger partial charge in [0.2, 0.25) is 10.0 Å². The fourth-order valence-electron chi connectivity index (χ4n) is 1.96. The number of nitrogens with zero attached hydrogens (tertiary/aromatic N) is 1. The summed E-state index contributed by atoms with van der Waals surface area (Å²) in [5.41, 5.74) is 2.30. The average Bonchev–Trinajstić information content (AvgIpc) is 2.46. The van der Waals surface area contributed by atoms with Crippen molar-refractivity contribution in [2.24, 2.45) is 5.84 Å². The van der Waals surface area contributed by atoms with E-state index in [0.717, 1.165) is 12.2 Å². The number of sulfonamides is 1. The van der Waals surface area contributed by atoms with E-state index in [-0.39, 0.29) is 10.7 Å². The highest BCUT2D eigenvalue weighted by Crippen LogP contribution is 2.25. The molecular formula is C11H18N4O2S2. The molecule has 2 heterocycles. The van der Waals surface area contributed by atoms with E-state index in [1.54, 1.807) is 6.07 Å². The lowest BCUT2D eigenvalue weighted by atomic mass is 10.2. The minimum absolute atomic E-state index is 0.0818. The first-order chi connectivity index (χ1) is 9.13. The Morgan fingerprint density at radius 3 is 3.00 bits per heavy atom. The molecule has 0 amide bonds. The largest absolute Gasteiger partial charge is 0.307 e. The Balaban J connectivity index is 2.05. The Morgan fingerprint density at radius 2 is 2.32 bits per heavy atom. The van der Waals surface area contributed by atoms with Crippen LogP contribution in [0.2, 0.25) is 0 Å². The van der Waals surface area contributed by atoms with Gasteiger partial charge in [0, 0.05) is 18.0 Å². The summed E-state index contributed by atoms with van der Waals surface area (Å²) in [5.74, 6) is 6.54. The summed E-state index contributed by atoms with van der Waals surface area (Å²) in [5, 5.41) is 0.356. The molecule has 1 atom stereocenters. The second kappa shape index (κ2) is 6.56. The van der Waals surface area contributed by atoms with Gasteiger partial charge in [-0.1, -0.05) is 6.42 Å². The van der Waals surface area contributed by atoms with Crippen LogP contribution >= 0.6 is 11.8 Å². The van der Waals surface area contributed by atoms with Gasteiger partial charge >= 0.3 is 0 Å². The summed E-state index contributed by atoms with van der Waals surface area (Å²) < 4.78 is 27.0. The zero-order valence-electron chi connectivity index (χ0n) is 10.5. The standard InChI is InChI=1S/C11H18N4O2S2/c12-15-11-10(5-3-6-13-11)19(16,17)14-8-9-4-1-2-7-18-9/h3,5-6,9,14H,1-2,4,7-8,12H2,(H,13,15). The molecule has 1 aromatic heterocycles. The normalized spacial score (nSPS) is 20.2. The summed E-state index contributed by atoms with van der Waals surface area (Å²) >= 11 is 1.83. The maximum absolute atomic E-state index is 12.2. The molecular weight excluding hydrogens is 284 g/mol. The Hall–Kier alpha value is -0.830. The lowest BCUT2D eigenvalue weighted by Crippen LogP contribution is -2.32. The molecule has 2 rings (SSSR count). The van der Waals surface area contributed by atoms with Crippen molar-refractivity contribution in [1.82, 2.24) is 9.71 Å². The minimum Gasteiger partial charge on any atom is -0.307 e. The number of rotatable bonds is 5. The van der Waals surface area contributed by atoms with Gasteiger partial charge in [-0.05, 0) is 30.7 Å². The predicted octanol–water partition coefficient (Wildman–Crippen LogP) is 0.931. The number of nitrogens with two attached hydrogens (primary N) is 1. The first-order valence-corrected chi connectivity index (χ1v) is 8.69. The van der Waals surface area contributed by atoms with Gasteiger partial charge in [0.05, 0.1) is 0 Å². The Morgan fingerprint density at radius 1 is 1.47 bits per heavy atom. The van der Waals surface area contributed by atoms with Gasteiger partial charge in [-0.15, -0.1) is 0 Å². The van der Waals surface area contributed by atoms with E-state index in [0.29, 0.717) is 11.8 Å². The third-order valence-electron chi connectivity index (χ3n) is 2.97. The fraction of sp³-hybridized carbons (Fsp3) is 0.545. The van der Waals surface area contributed by atoms with Gasteiger partial charge in [-0.2, -0.15) is 11.8 Å². The number of anilines is 1. The van der Waals surface area contributed by atoms with Gasteiger partial charge < -0.3 is 5.43 Å². The Kier molecular flexibility index (Phi) is 5.03. The van der Waals surface area contributed by atoms with Crippen molar-refractivity contribution in [3.63, 3.8) is 0 Å². The molecule has 6 nitrogen and oxygen atoms in total. The second-order valence-corrected chi connectivity index (χ2v) is 7.48. The molecule has 1 unspecified atom stereocenters. The van der Waals surface area contributed by atoms with Crippen LogP contribution in [0, 0.1) is 0 Å². The third-order valence-corrected chi connectivity index (χ3v) is 5.83. The number of thioether (sulfide) groups is 1. The molecule has 4 N–H and O–H groups in total. The van der Waals surface area contributed by atoms with E-state index >= 15 is 0 Å². The quantitative estimate of drug-likeness (QED) is 0.553. The van der Waals surface area contributed by atoms with Crippen molar-refractivity contribution in [3.05, 3.63) is 18.3 Å². The number of pyridine rings is 1. The van der Waals surface area contributed by atoms with Crippen LogP contribution in [-0.4, -0.2) is 30.9 Å². The van der Waals surface area contributed by atoms with Gasteiger partial charge in [0.15, 0.2) is 5.82 Å². The predicted molar refractivity (Wildman–Crippen MR) is 77.3 cm³/mol. The molecule has 1 aromatic rings. The van der Waals surface area contributed by atoms with Gasteiger partial charge in [-0.25, -0.2) is 24.0 Å². The maximum Gasteiger partial charge on any atom is 0.244 e. The average molecular weight is 302 g/mol. The first-order valence-electron chi connectivity index (χ1n) is 6.16. The van der Waals surface area contributed by atoms with Crippen molar-refractivity contribution < 1.29 is 8.42 Å². The SMILES string of the molecule is NNc1ncccc1S(=O)(=O)NCC1CCCCS1. The van der Waals surface area contributed by atoms with Crippen LogP contribution < -0.4 is 16.0 Å². The van der Waals surface area contributed by atoms with Crippen LogP contribution in [0.25, 0.3) is 0 Å². The molecule has 1 aliphatic heterocycles. The number of nitrogens with one attached hydrogen (secondary N) is 2. The second-order valence-electron chi connectivity index (χ2n) is 4.33. The number of hydrogen-bond acceptors (Lipinski definition) is 6. The number of hydrogen-bond donors (Lipinski definition) is 3. The lowest BCUT2D eigenvalue weighted by Gasteiger charge is -2.21. The molecule has 1 fully saturated rings. The van der Waals surface area contributed by atoms with Crippen LogP contribution in [0.15, 0.2) is 23.2 Å². The van der Waals surface area contributed by atoms with E-state index < -0.39 is 10.0 Å². The highest BCUT2D eigenvalue weighted by molar-refractivity contribution is 8.00. The molecule has 0 aromatic carbocycles. The summed E-state index contributed by atoms with van der Waals surface area (Å²) in [7, 11) is -3.57. The Labute approximate surface area is 117 Å². The fourth-order valence-corrected chi connectivity index (χ4v) is 4.51. The van der Waals surface area contributed by atoms with Crippen molar-refractivity contribution in [2.75, 3.05) is 17.7 Å². The molecule has 0 aliphatic carbocycles. The zero-order chi connectivity index (χ0) is 13.7. The van der Waals surface area contributed by atoms with E-state index in [4.69, 9.17) is 5.84 Å². The van der Waals surface area contributed by atoms with Crippen LogP contribution in [-0.2, 0) is 10.0 Å². The van der Waals surface area contributed by atoms with Crippen LogP contribution in [0.1, 0.15) is 19.3 Å². The molecule has 19 heavy (non-hydrogen) atoms. The monoisotopic (exact) mass is 302 g/mol. The third kappa shape index (κ3) is 3.82. The van der Waals surface area contributed by atoms with E-state index in [1.165, 1.54) is 25.1 Å². The highest BCUT2D eigenvalue weighted by atomic mass is 32.2. The van der Waals surface area contributed by atoms with E-state index in [2.05, 4.69) is 15.1 Å². The summed E-state index contributed by atoms with van der Waals surface area (Å²) in [6.07, 6.45) is 4.94. The number of hydrazine groups is 1. The van der Waals surface area contributed by atoms with Gasteiger partial charge in [0.1, 0.15) is 4.90 Å². The van der Waals surface area contributed by atoms with Crippen molar-refractivity contribution in [1.29, 1.82) is 0 Å². The summed E-state index contributed by atoms with van der Waals surface area (Å²) in [6.45, 7) is 0.450. The number of aromatic nitrogens is 1.